The molecule has 0 radical (unpaired) electrons. The Kier molecular flexibility index (Phi) is 2.35. The Balaban J connectivity index is 2.26. The van der Waals surface area contributed by atoms with Gasteiger partial charge in [-0.1, -0.05) is 0 Å². The molecule has 4 heteroatoms. The summed E-state index contributed by atoms with van der Waals surface area (Å²) < 4.78 is 10.5. The summed E-state index contributed by atoms with van der Waals surface area (Å²) in [5.74, 6) is 0.303. The third-order valence-corrected chi connectivity index (χ3v) is 2.07. The lowest BCUT2D eigenvalue weighted by molar-refractivity contribution is -0.148. The normalized spacial score (nSPS) is 19.4. The fraction of sp³-hybridized carbons (Fsp3) is 0.400. The molecule has 1 aromatic heterocycles. The number of fused-ring (bicyclic) bond motifs is 1. The highest BCUT2D eigenvalue weighted by Gasteiger charge is 2.24. The highest BCUT2D eigenvalue weighted by atomic mass is 16.5. The molecular weight excluding hydrogens is 182 g/mol. The summed E-state index contributed by atoms with van der Waals surface area (Å²) >= 11 is 0. The number of carbonyl (C=O) groups excluding carboxylic acids is 1. The third kappa shape index (κ3) is 1.69. The standard InChI is InChI=1S/C10H11NO3/c1-7(12)14-9-4-6-13-10-8(9)3-2-5-11-10/h2-3,5,9H,4,6H2,1H3. The maximum absolute atomic E-state index is 10.8. The van der Waals surface area contributed by atoms with Crippen LogP contribution >= 0.6 is 0 Å². The van der Waals surface area contributed by atoms with Crippen LogP contribution in [0.1, 0.15) is 25.0 Å². The molecule has 14 heavy (non-hydrogen) atoms. The smallest absolute Gasteiger partial charge is 0.303 e. The lowest BCUT2D eigenvalue weighted by Crippen LogP contribution is -2.19. The molecule has 0 N–H and O–H groups in total. The van der Waals surface area contributed by atoms with E-state index in [4.69, 9.17) is 9.47 Å². The van der Waals surface area contributed by atoms with Crippen LogP contribution in [0, 0.1) is 0 Å². The first kappa shape index (κ1) is 8.99. The van der Waals surface area contributed by atoms with Crippen molar-refractivity contribution in [1.29, 1.82) is 0 Å². The van der Waals surface area contributed by atoms with Crippen LogP contribution in [0.5, 0.6) is 5.88 Å². The first-order valence-corrected chi connectivity index (χ1v) is 4.52. The molecule has 0 saturated heterocycles. The van der Waals surface area contributed by atoms with Gasteiger partial charge in [-0.2, -0.15) is 0 Å². The number of pyridine rings is 1. The van der Waals surface area contributed by atoms with Crippen molar-refractivity contribution >= 4 is 5.97 Å². The molecule has 1 aromatic rings. The Bertz CT molecular complexity index is 351. The monoisotopic (exact) mass is 193 g/mol. The van der Waals surface area contributed by atoms with Gasteiger partial charge in [-0.05, 0) is 12.1 Å². The minimum absolute atomic E-state index is 0.204. The number of hydrogen-bond donors (Lipinski definition) is 0. The number of aromatic nitrogens is 1. The maximum atomic E-state index is 10.8. The van der Waals surface area contributed by atoms with E-state index in [0.717, 1.165) is 5.56 Å². The third-order valence-electron chi connectivity index (χ3n) is 2.07. The Morgan fingerprint density at radius 1 is 1.71 bits per heavy atom. The van der Waals surface area contributed by atoms with E-state index in [2.05, 4.69) is 4.98 Å². The summed E-state index contributed by atoms with van der Waals surface area (Å²) in [4.78, 5) is 14.9. The average Bonchev–Trinajstić information content (AvgIpc) is 2.18. The van der Waals surface area contributed by atoms with Crippen molar-refractivity contribution in [2.24, 2.45) is 0 Å². The SMILES string of the molecule is CC(=O)OC1CCOc2ncccc21. The number of nitrogens with zero attached hydrogens (tertiary/aromatic N) is 1. The second-order valence-electron chi connectivity index (χ2n) is 3.13. The number of hydrogen-bond acceptors (Lipinski definition) is 4. The van der Waals surface area contributed by atoms with Crippen LogP contribution in [0.15, 0.2) is 18.3 Å². The Morgan fingerprint density at radius 3 is 3.36 bits per heavy atom. The van der Waals surface area contributed by atoms with Gasteiger partial charge in [-0.15, -0.1) is 0 Å². The fourth-order valence-electron chi connectivity index (χ4n) is 1.51. The minimum atomic E-state index is -0.272. The van der Waals surface area contributed by atoms with Gasteiger partial charge in [0, 0.05) is 19.5 Å². The van der Waals surface area contributed by atoms with Gasteiger partial charge in [0.05, 0.1) is 12.2 Å². The molecule has 0 spiro atoms. The molecule has 2 rings (SSSR count). The first-order valence-electron chi connectivity index (χ1n) is 4.52. The van der Waals surface area contributed by atoms with Gasteiger partial charge in [0.1, 0.15) is 6.10 Å². The van der Waals surface area contributed by atoms with Gasteiger partial charge in [0.15, 0.2) is 0 Å². The number of ether oxygens (including phenoxy) is 2. The zero-order valence-electron chi connectivity index (χ0n) is 7.90. The predicted molar refractivity (Wildman–Crippen MR) is 48.9 cm³/mol. The summed E-state index contributed by atoms with van der Waals surface area (Å²) in [7, 11) is 0. The van der Waals surface area contributed by atoms with Gasteiger partial charge in [0.2, 0.25) is 5.88 Å². The maximum Gasteiger partial charge on any atom is 0.303 e. The van der Waals surface area contributed by atoms with E-state index in [1.54, 1.807) is 6.20 Å². The van der Waals surface area contributed by atoms with Crippen molar-refractivity contribution < 1.29 is 14.3 Å². The molecule has 1 aliphatic rings. The molecule has 4 nitrogen and oxygen atoms in total. The van der Waals surface area contributed by atoms with Gasteiger partial charge in [-0.25, -0.2) is 4.98 Å². The summed E-state index contributed by atoms with van der Waals surface area (Å²) in [5, 5.41) is 0. The van der Waals surface area contributed by atoms with Crippen molar-refractivity contribution in [2.75, 3.05) is 6.61 Å². The minimum Gasteiger partial charge on any atom is -0.477 e. The number of rotatable bonds is 1. The van der Waals surface area contributed by atoms with Crippen LogP contribution in [-0.2, 0) is 9.53 Å². The van der Waals surface area contributed by atoms with Crippen molar-refractivity contribution in [1.82, 2.24) is 4.98 Å². The second kappa shape index (κ2) is 3.65. The molecule has 0 bridgehead atoms. The van der Waals surface area contributed by atoms with Crippen LogP contribution in [0.25, 0.3) is 0 Å². The van der Waals surface area contributed by atoms with E-state index in [9.17, 15) is 4.79 Å². The van der Waals surface area contributed by atoms with Gasteiger partial charge in [-0.3, -0.25) is 4.79 Å². The van der Waals surface area contributed by atoms with E-state index in [0.29, 0.717) is 18.9 Å². The van der Waals surface area contributed by atoms with E-state index < -0.39 is 0 Å². The molecule has 1 aliphatic heterocycles. The Morgan fingerprint density at radius 2 is 2.57 bits per heavy atom. The van der Waals surface area contributed by atoms with Crippen LogP contribution in [0.3, 0.4) is 0 Å². The average molecular weight is 193 g/mol. The summed E-state index contributed by atoms with van der Waals surface area (Å²) in [5.41, 5.74) is 0.856. The largest absolute Gasteiger partial charge is 0.477 e. The fourth-order valence-corrected chi connectivity index (χ4v) is 1.51. The predicted octanol–water partition coefficient (Wildman–Crippen LogP) is 1.47. The van der Waals surface area contributed by atoms with Crippen molar-refractivity contribution in [2.45, 2.75) is 19.4 Å². The molecule has 0 aliphatic carbocycles. The Labute approximate surface area is 81.9 Å². The van der Waals surface area contributed by atoms with Crippen LogP contribution in [0.4, 0.5) is 0 Å². The van der Waals surface area contributed by atoms with Crippen LogP contribution in [-0.4, -0.2) is 17.6 Å². The summed E-state index contributed by atoms with van der Waals surface area (Å²) in [6, 6.07) is 3.68. The molecule has 74 valence electrons. The van der Waals surface area contributed by atoms with E-state index in [-0.39, 0.29) is 12.1 Å². The van der Waals surface area contributed by atoms with Crippen molar-refractivity contribution in [3.8, 4) is 5.88 Å². The Hall–Kier alpha value is -1.58. The summed E-state index contributed by atoms with van der Waals surface area (Å²) in [6.45, 7) is 1.95. The lowest BCUT2D eigenvalue weighted by atomic mass is 10.1. The highest BCUT2D eigenvalue weighted by molar-refractivity contribution is 5.66. The second-order valence-corrected chi connectivity index (χ2v) is 3.13. The molecule has 0 aromatic carbocycles. The molecule has 0 fully saturated rings. The lowest BCUT2D eigenvalue weighted by Gasteiger charge is -2.23. The van der Waals surface area contributed by atoms with Gasteiger partial charge < -0.3 is 9.47 Å². The van der Waals surface area contributed by atoms with E-state index >= 15 is 0 Å². The summed E-state index contributed by atoms with van der Waals surface area (Å²) in [6.07, 6.45) is 2.15. The van der Waals surface area contributed by atoms with Crippen LogP contribution < -0.4 is 4.74 Å². The van der Waals surface area contributed by atoms with E-state index in [1.165, 1.54) is 6.92 Å². The first-order chi connectivity index (χ1) is 6.77. The molecule has 0 amide bonds. The molecule has 2 heterocycles. The number of carbonyl (C=O) groups is 1. The van der Waals surface area contributed by atoms with Gasteiger partial charge >= 0.3 is 5.97 Å². The van der Waals surface area contributed by atoms with E-state index in [1.807, 2.05) is 12.1 Å². The highest BCUT2D eigenvalue weighted by Crippen LogP contribution is 2.32. The molecule has 1 atom stereocenters. The molecular formula is C10H11NO3. The number of esters is 1. The zero-order valence-corrected chi connectivity index (χ0v) is 7.90. The van der Waals surface area contributed by atoms with Gasteiger partial charge in [0.25, 0.3) is 0 Å². The quantitative estimate of drug-likeness (QED) is 0.633. The molecule has 0 saturated carbocycles. The van der Waals surface area contributed by atoms with Crippen molar-refractivity contribution in [3.05, 3.63) is 23.9 Å². The zero-order chi connectivity index (χ0) is 9.97. The van der Waals surface area contributed by atoms with Crippen LogP contribution in [0.2, 0.25) is 0 Å². The molecule has 1 unspecified atom stereocenters. The topological polar surface area (TPSA) is 48.4 Å². The van der Waals surface area contributed by atoms with Crippen molar-refractivity contribution in [3.63, 3.8) is 0 Å².